The first-order chi connectivity index (χ1) is 10.00. The second kappa shape index (κ2) is 6.67. The molecule has 1 atom stereocenters. The third-order valence-electron chi connectivity index (χ3n) is 4.18. The number of amides is 1. The molecule has 21 heavy (non-hydrogen) atoms. The smallest absolute Gasteiger partial charge is 0.227 e. The number of carbonyl (C=O) groups is 1. The first-order valence-corrected chi connectivity index (χ1v) is 7.84. The summed E-state index contributed by atoms with van der Waals surface area (Å²) in [5.41, 5.74) is 1.86. The third-order valence-corrected chi connectivity index (χ3v) is 4.48. The van der Waals surface area contributed by atoms with Gasteiger partial charge in [-0.05, 0) is 37.6 Å². The molecular formula is C16H24ClN3O. The lowest BCUT2D eigenvalue weighted by Crippen LogP contribution is -2.39. The van der Waals surface area contributed by atoms with E-state index in [0.717, 1.165) is 36.8 Å². The number of nitrogens with one attached hydrogen (secondary N) is 2. The van der Waals surface area contributed by atoms with E-state index in [9.17, 15) is 4.79 Å². The lowest BCUT2D eigenvalue weighted by atomic mass is 9.89. The van der Waals surface area contributed by atoms with Gasteiger partial charge < -0.3 is 15.5 Å². The fourth-order valence-corrected chi connectivity index (χ4v) is 3.16. The Morgan fingerprint density at radius 2 is 2.24 bits per heavy atom. The Morgan fingerprint density at radius 3 is 2.86 bits per heavy atom. The van der Waals surface area contributed by atoms with Gasteiger partial charge in [0.15, 0.2) is 0 Å². The van der Waals surface area contributed by atoms with Crippen molar-refractivity contribution in [1.29, 1.82) is 0 Å². The summed E-state index contributed by atoms with van der Waals surface area (Å²) >= 11 is 6.42. The van der Waals surface area contributed by atoms with Crippen molar-refractivity contribution in [3.05, 3.63) is 28.8 Å². The number of hydrogen-bond donors (Lipinski definition) is 2. The van der Waals surface area contributed by atoms with Crippen LogP contribution >= 0.6 is 11.6 Å². The molecule has 2 N–H and O–H groups in total. The third kappa shape index (κ3) is 3.50. The minimum atomic E-state index is -0.333. The van der Waals surface area contributed by atoms with E-state index < -0.39 is 0 Å². The molecule has 1 aliphatic heterocycles. The number of carbonyl (C=O) groups excluding carboxylic acids is 1. The minimum absolute atomic E-state index is 0.102. The van der Waals surface area contributed by atoms with Gasteiger partial charge in [-0.2, -0.15) is 0 Å². The van der Waals surface area contributed by atoms with Crippen molar-refractivity contribution in [2.45, 2.75) is 26.8 Å². The Hall–Kier alpha value is -1.26. The molecule has 1 unspecified atom stereocenters. The first-order valence-electron chi connectivity index (χ1n) is 7.46. The van der Waals surface area contributed by atoms with Crippen molar-refractivity contribution in [3.63, 3.8) is 0 Å². The quantitative estimate of drug-likeness (QED) is 0.878. The highest BCUT2D eigenvalue weighted by molar-refractivity contribution is 6.33. The first kappa shape index (κ1) is 16.1. The molecule has 0 aliphatic carbocycles. The van der Waals surface area contributed by atoms with Crippen molar-refractivity contribution in [2.75, 3.05) is 31.6 Å². The summed E-state index contributed by atoms with van der Waals surface area (Å²) in [6.45, 7) is 7.43. The van der Waals surface area contributed by atoms with E-state index in [0.29, 0.717) is 6.54 Å². The van der Waals surface area contributed by atoms with Crippen molar-refractivity contribution >= 4 is 23.2 Å². The van der Waals surface area contributed by atoms with Crippen molar-refractivity contribution in [3.8, 4) is 0 Å². The Kier molecular flexibility index (Phi) is 5.12. The van der Waals surface area contributed by atoms with E-state index in [1.807, 2.05) is 13.0 Å². The molecule has 1 fully saturated rings. The molecule has 0 aromatic heterocycles. The van der Waals surface area contributed by atoms with Crippen LogP contribution in [-0.2, 0) is 11.3 Å². The molecule has 1 aromatic rings. The Bertz CT molecular complexity index is 520. The highest BCUT2D eigenvalue weighted by atomic mass is 35.5. The van der Waals surface area contributed by atoms with Crippen molar-refractivity contribution < 1.29 is 4.79 Å². The van der Waals surface area contributed by atoms with E-state index in [1.54, 1.807) is 7.05 Å². The van der Waals surface area contributed by atoms with Crippen LogP contribution in [0.4, 0.5) is 5.69 Å². The summed E-state index contributed by atoms with van der Waals surface area (Å²) < 4.78 is 0. The number of nitrogens with zero attached hydrogens (tertiary/aromatic N) is 1. The van der Waals surface area contributed by atoms with Gasteiger partial charge in [-0.25, -0.2) is 0 Å². The van der Waals surface area contributed by atoms with Crippen LogP contribution in [0.15, 0.2) is 18.2 Å². The predicted octanol–water partition coefficient (Wildman–Crippen LogP) is 2.41. The highest BCUT2D eigenvalue weighted by Crippen LogP contribution is 2.36. The van der Waals surface area contributed by atoms with Gasteiger partial charge in [-0.15, -0.1) is 0 Å². The SMILES string of the molecule is CCNCc1ccc(N2CCC(C)(C(=O)NC)C2)c(Cl)c1. The maximum atomic E-state index is 12.0. The van der Waals surface area contributed by atoms with Crippen LogP contribution in [-0.4, -0.2) is 32.6 Å². The molecule has 0 radical (unpaired) electrons. The molecule has 116 valence electrons. The summed E-state index contributed by atoms with van der Waals surface area (Å²) in [5.74, 6) is 0.102. The number of anilines is 1. The standard InChI is InChI=1S/C16H24ClN3O/c1-4-19-10-12-5-6-14(13(17)9-12)20-8-7-16(2,11-20)15(21)18-3/h5-6,9,19H,4,7-8,10-11H2,1-3H3,(H,18,21). The van der Waals surface area contributed by atoms with Crippen molar-refractivity contribution in [2.24, 2.45) is 5.41 Å². The van der Waals surface area contributed by atoms with E-state index in [2.05, 4.69) is 34.6 Å². The van der Waals surface area contributed by atoms with Crippen LogP contribution < -0.4 is 15.5 Å². The van der Waals surface area contributed by atoms with Crippen LogP contribution in [0.3, 0.4) is 0 Å². The number of rotatable bonds is 5. The summed E-state index contributed by atoms with van der Waals surface area (Å²) in [6.07, 6.45) is 0.849. The lowest BCUT2D eigenvalue weighted by Gasteiger charge is -2.24. The summed E-state index contributed by atoms with van der Waals surface area (Å²) in [4.78, 5) is 14.2. The Morgan fingerprint density at radius 1 is 1.48 bits per heavy atom. The second-order valence-electron chi connectivity index (χ2n) is 5.88. The molecule has 1 heterocycles. The van der Waals surface area contributed by atoms with Gasteiger partial charge in [0.25, 0.3) is 0 Å². The van der Waals surface area contributed by atoms with Crippen LogP contribution in [0.2, 0.25) is 5.02 Å². The van der Waals surface area contributed by atoms with Gasteiger partial charge in [0, 0.05) is 26.7 Å². The summed E-state index contributed by atoms with van der Waals surface area (Å²) in [5, 5.41) is 6.81. The van der Waals surface area contributed by atoms with Gasteiger partial charge >= 0.3 is 0 Å². The normalized spacial score (nSPS) is 21.6. The average Bonchev–Trinajstić information content (AvgIpc) is 2.87. The fourth-order valence-electron chi connectivity index (χ4n) is 2.84. The van der Waals surface area contributed by atoms with Crippen LogP contribution in [0, 0.1) is 5.41 Å². The molecule has 1 saturated heterocycles. The maximum absolute atomic E-state index is 12.0. The molecule has 0 bridgehead atoms. The largest absolute Gasteiger partial charge is 0.369 e. The van der Waals surface area contributed by atoms with Crippen LogP contribution in [0.5, 0.6) is 0 Å². The fraction of sp³-hybridized carbons (Fsp3) is 0.562. The molecular weight excluding hydrogens is 286 g/mol. The zero-order valence-electron chi connectivity index (χ0n) is 13.0. The van der Waals surface area contributed by atoms with Gasteiger partial charge in [-0.1, -0.05) is 24.6 Å². The number of benzene rings is 1. The van der Waals surface area contributed by atoms with Crippen LogP contribution in [0.25, 0.3) is 0 Å². The van der Waals surface area contributed by atoms with Gasteiger partial charge in [0.2, 0.25) is 5.91 Å². The van der Waals surface area contributed by atoms with Gasteiger partial charge in [-0.3, -0.25) is 4.79 Å². The Balaban J connectivity index is 2.11. The summed E-state index contributed by atoms with van der Waals surface area (Å²) in [7, 11) is 1.69. The minimum Gasteiger partial charge on any atom is -0.369 e. The van der Waals surface area contributed by atoms with E-state index in [1.165, 1.54) is 5.56 Å². The van der Waals surface area contributed by atoms with Gasteiger partial charge in [0.05, 0.1) is 16.1 Å². The molecule has 1 amide bonds. The van der Waals surface area contributed by atoms with Crippen molar-refractivity contribution in [1.82, 2.24) is 10.6 Å². The maximum Gasteiger partial charge on any atom is 0.227 e. The van der Waals surface area contributed by atoms with Gasteiger partial charge in [0.1, 0.15) is 0 Å². The predicted molar refractivity (Wildman–Crippen MR) is 87.8 cm³/mol. The van der Waals surface area contributed by atoms with E-state index in [4.69, 9.17) is 11.6 Å². The second-order valence-corrected chi connectivity index (χ2v) is 6.28. The topological polar surface area (TPSA) is 44.4 Å². The zero-order valence-corrected chi connectivity index (χ0v) is 13.8. The molecule has 0 spiro atoms. The molecule has 4 nitrogen and oxygen atoms in total. The monoisotopic (exact) mass is 309 g/mol. The molecule has 0 saturated carbocycles. The summed E-state index contributed by atoms with van der Waals surface area (Å²) in [6, 6.07) is 6.17. The Labute approximate surface area is 131 Å². The highest BCUT2D eigenvalue weighted by Gasteiger charge is 2.40. The number of hydrogen-bond acceptors (Lipinski definition) is 3. The average molecular weight is 310 g/mol. The molecule has 1 aromatic carbocycles. The molecule has 1 aliphatic rings. The van der Waals surface area contributed by atoms with E-state index >= 15 is 0 Å². The number of halogens is 1. The van der Waals surface area contributed by atoms with Crippen LogP contribution in [0.1, 0.15) is 25.8 Å². The zero-order chi connectivity index (χ0) is 15.5. The molecule has 2 rings (SSSR count). The van der Waals surface area contributed by atoms with E-state index in [-0.39, 0.29) is 11.3 Å². The lowest BCUT2D eigenvalue weighted by molar-refractivity contribution is -0.128. The molecule has 5 heteroatoms.